The second kappa shape index (κ2) is 8.38. The monoisotopic (exact) mass is 492 g/mol. The molecule has 2 aromatic rings. The van der Waals surface area contributed by atoms with Crippen LogP contribution in [0.25, 0.3) is 0 Å². The minimum absolute atomic E-state index is 0.0346. The van der Waals surface area contributed by atoms with Crippen molar-refractivity contribution in [2.24, 2.45) is 10.3 Å². The fourth-order valence-electron chi connectivity index (χ4n) is 2.08. The van der Waals surface area contributed by atoms with Crippen LogP contribution in [0.2, 0.25) is 0 Å². The lowest BCUT2D eigenvalue weighted by molar-refractivity contribution is 0.248. The van der Waals surface area contributed by atoms with Crippen molar-refractivity contribution in [2.45, 2.75) is 5.03 Å². The van der Waals surface area contributed by atoms with Crippen LogP contribution < -0.4 is 14.8 Å². The van der Waals surface area contributed by atoms with E-state index in [1.54, 1.807) is 5.94 Å². The van der Waals surface area contributed by atoms with E-state index in [1.165, 1.54) is 23.1 Å². The van der Waals surface area contributed by atoms with Crippen molar-refractivity contribution >= 4 is 55.4 Å². The maximum atomic E-state index is 13.5. The van der Waals surface area contributed by atoms with Crippen molar-refractivity contribution in [1.82, 2.24) is 15.0 Å². The number of aromatic nitrogens is 2. The van der Waals surface area contributed by atoms with E-state index in [0.717, 1.165) is 11.8 Å². The topological polar surface area (TPSA) is 153 Å². The van der Waals surface area contributed by atoms with Crippen molar-refractivity contribution in [3.05, 3.63) is 40.1 Å². The van der Waals surface area contributed by atoms with Crippen LogP contribution in [0.5, 0.6) is 0 Å². The molecule has 3 N–H and O–H groups in total. The fourth-order valence-corrected chi connectivity index (χ4v) is 3.72. The summed E-state index contributed by atoms with van der Waals surface area (Å²) in [5, 5.41) is 16.4. The second-order valence-electron chi connectivity index (χ2n) is 5.05. The molecule has 0 amide bonds. The molecule has 1 aromatic carbocycles. The van der Waals surface area contributed by atoms with Gasteiger partial charge in [0, 0.05) is 12.3 Å². The third-order valence-corrected chi connectivity index (χ3v) is 5.36. The summed E-state index contributed by atoms with van der Waals surface area (Å²) in [5.74, 6) is 1.12. The Morgan fingerprint density at radius 1 is 1.39 bits per heavy atom. The summed E-state index contributed by atoms with van der Waals surface area (Å²) >= 11 is 4.17. The van der Waals surface area contributed by atoms with Crippen molar-refractivity contribution in [1.29, 1.82) is 0 Å². The highest BCUT2D eigenvalue weighted by Crippen LogP contribution is 2.32. The van der Waals surface area contributed by atoms with Gasteiger partial charge in [-0.15, -0.1) is 0 Å². The molecule has 15 heteroatoms. The Morgan fingerprint density at radius 2 is 2.18 bits per heavy atom. The van der Waals surface area contributed by atoms with E-state index in [9.17, 15) is 17.6 Å². The molecule has 1 aliphatic rings. The zero-order valence-electron chi connectivity index (χ0n) is 13.6. The third kappa shape index (κ3) is 4.57. The van der Waals surface area contributed by atoms with E-state index >= 15 is 0 Å². The number of nitrogens with two attached hydrogens (primary N) is 1. The van der Waals surface area contributed by atoms with Gasteiger partial charge in [-0.3, -0.25) is 0 Å². The number of hydrogen-bond acceptors (Lipinski definition) is 10. The van der Waals surface area contributed by atoms with Crippen molar-refractivity contribution in [3.8, 4) is 0 Å². The number of rotatable bonds is 7. The number of benzene rings is 1. The highest BCUT2D eigenvalue weighted by Gasteiger charge is 2.34. The molecule has 0 fully saturated rings. The van der Waals surface area contributed by atoms with Gasteiger partial charge in [0.25, 0.3) is 10.2 Å². The average molecular weight is 493 g/mol. The minimum Gasteiger partial charge on any atom is -0.323 e. The number of amidine groups is 1. The molecule has 0 saturated carbocycles. The highest BCUT2D eigenvalue weighted by atomic mass is 79.9. The van der Waals surface area contributed by atoms with E-state index in [4.69, 9.17) is 14.6 Å². The first kappa shape index (κ1) is 20.4. The molecule has 0 saturated heterocycles. The fraction of sp³-hybridized carbons (Fsp3) is 0.154. The summed E-state index contributed by atoms with van der Waals surface area (Å²) in [6, 6.07) is 4.00. The first-order valence-corrected chi connectivity index (χ1v) is 10.6. The van der Waals surface area contributed by atoms with Crippen LogP contribution in [0.4, 0.5) is 10.1 Å². The van der Waals surface area contributed by atoms with Gasteiger partial charge < -0.3 is 4.84 Å². The van der Waals surface area contributed by atoms with Crippen molar-refractivity contribution < 1.29 is 27.1 Å². The van der Waals surface area contributed by atoms with E-state index in [1.807, 2.05) is 0 Å². The molecule has 28 heavy (non-hydrogen) atoms. The molecule has 0 bridgehead atoms. The Hall–Kier alpha value is -2.29. The molecule has 1 aliphatic heterocycles. The summed E-state index contributed by atoms with van der Waals surface area (Å²) in [6.45, 7) is 0.0346. The van der Waals surface area contributed by atoms with Gasteiger partial charge in [0.1, 0.15) is 5.82 Å². The summed E-state index contributed by atoms with van der Waals surface area (Å²) in [7, 11) is -3.81. The van der Waals surface area contributed by atoms with E-state index in [0.29, 0.717) is 5.69 Å². The predicted octanol–water partition coefficient (Wildman–Crippen LogP) is 0.728. The van der Waals surface area contributed by atoms with Crippen molar-refractivity contribution in [2.75, 3.05) is 17.2 Å². The Labute approximate surface area is 170 Å². The molecule has 0 radical (unpaired) electrons. The maximum Gasteiger partial charge on any atom is 0.320 e. The SMILES string of the molecule is NS(=O)(=O)NCCSc1nonc1C1=NOC(=C=O)N1c1ccc(F)c(Br)c1. The third-order valence-electron chi connectivity index (χ3n) is 3.20. The standard InChI is InChI=1S/C13H10BrFN6O5S2/c14-8-5-7(1-2-9(8)15)21-10(6-22)25-19-12(21)11-13(20-26-18-11)27-4-3-17-28(16,23)24/h1-2,5,17H,3-4H2,(H2,16,23,24). The Bertz CT molecular complexity index is 1080. The molecule has 11 nitrogen and oxygen atoms in total. The Morgan fingerprint density at radius 3 is 2.86 bits per heavy atom. The van der Waals surface area contributed by atoms with Crippen LogP contribution in [0.3, 0.4) is 0 Å². The van der Waals surface area contributed by atoms with Crippen LogP contribution in [0, 0.1) is 5.82 Å². The number of anilines is 1. The van der Waals surface area contributed by atoms with E-state index < -0.39 is 16.0 Å². The number of halogens is 2. The van der Waals surface area contributed by atoms with Crippen LogP contribution in [-0.2, 0) is 19.8 Å². The number of carbonyl (C=O) groups excluding carboxylic acids is 1. The van der Waals surface area contributed by atoms with Gasteiger partial charge in [0.2, 0.25) is 5.84 Å². The molecule has 0 aliphatic carbocycles. The summed E-state index contributed by atoms with van der Waals surface area (Å²) in [4.78, 5) is 17.4. The molecule has 2 heterocycles. The minimum atomic E-state index is -3.81. The number of oxime groups is 1. The molecule has 0 unspecified atom stereocenters. The molecular formula is C13H10BrFN6O5S2. The van der Waals surface area contributed by atoms with E-state index in [2.05, 4.69) is 36.1 Å². The molecular weight excluding hydrogens is 483 g/mol. The van der Waals surface area contributed by atoms with Crippen LogP contribution in [-0.4, -0.2) is 42.8 Å². The molecule has 0 spiro atoms. The zero-order valence-corrected chi connectivity index (χ0v) is 16.8. The Balaban J connectivity index is 1.85. The predicted molar refractivity (Wildman–Crippen MR) is 99.5 cm³/mol. The maximum absolute atomic E-state index is 13.5. The van der Waals surface area contributed by atoms with Gasteiger partial charge in [0.15, 0.2) is 16.7 Å². The zero-order chi connectivity index (χ0) is 20.3. The van der Waals surface area contributed by atoms with Gasteiger partial charge in [-0.2, -0.15) is 8.42 Å². The summed E-state index contributed by atoms with van der Waals surface area (Å²) in [5.41, 5.74) is 0.476. The number of nitrogens with zero attached hydrogens (tertiary/aromatic N) is 4. The highest BCUT2D eigenvalue weighted by molar-refractivity contribution is 9.10. The normalized spacial score (nSPS) is 14.0. The van der Waals surface area contributed by atoms with Crippen LogP contribution in [0.1, 0.15) is 5.69 Å². The van der Waals surface area contributed by atoms with Crippen LogP contribution in [0.15, 0.2) is 43.4 Å². The molecule has 1 aromatic heterocycles. The quantitative estimate of drug-likeness (QED) is 0.323. The lowest BCUT2D eigenvalue weighted by Crippen LogP contribution is -2.32. The van der Waals surface area contributed by atoms with Gasteiger partial charge in [-0.05, 0) is 44.4 Å². The lowest BCUT2D eigenvalue weighted by Gasteiger charge is -2.16. The van der Waals surface area contributed by atoms with Gasteiger partial charge in [-0.25, -0.2) is 28.6 Å². The van der Waals surface area contributed by atoms with Crippen molar-refractivity contribution in [3.63, 3.8) is 0 Å². The molecule has 0 atom stereocenters. The smallest absolute Gasteiger partial charge is 0.320 e. The first-order valence-electron chi connectivity index (χ1n) is 7.28. The van der Waals surface area contributed by atoms with E-state index in [-0.39, 0.29) is 39.2 Å². The second-order valence-corrected chi connectivity index (χ2v) is 8.37. The number of hydrogen-bond donors (Lipinski definition) is 2. The summed E-state index contributed by atoms with van der Waals surface area (Å²) < 4.78 is 42.3. The number of nitrogens with one attached hydrogen (secondary N) is 1. The average Bonchev–Trinajstić information content (AvgIpc) is 3.26. The molecule has 148 valence electrons. The largest absolute Gasteiger partial charge is 0.323 e. The molecule has 3 rings (SSSR count). The van der Waals surface area contributed by atoms with Gasteiger partial charge in [0.05, 0.1) is 10.2 Å². The lowest BCUT2D eigenvalue weighted by atomic mass is 10.2. The van der Waals surface area contributed by atoms with Gasteiger partial charge >= 0.3 is 5.88 Å². The van der Waals surface area contributed by atoms with Crippen LogP contribution >= 0.6 is 27.7 Å². The van der Waals surface area contributed by atoms with Gasteiger partial charge in [-0.1, -0.05) is 16.9 Å². The summed E-state index contributed by atoms with van der Waals surface area (Å²) in [6.07, 6.45) is 0. The number of thioether (sulfide) groups is 1. The first-order chi connectivity index (χ1) is 13.3. The Kier molecular flexibility index (Phi) is 6.12.